The number of aliphatic hydroxyl groups excluding tert-OH is 1. The molecule has 1 aromatic rings. The molecule has 10 heavy (non-hydrogen) atoms. The van der Waals surface area contributed by atoms with Crippen LogP contribution in [0.5, 0.6) is 0 Å². The van der Waals surface area contributed by atoms with Crippen LogP contribution in [0, 0.1) is 0 Å². The molecule has 0 aliphatic carbocycles. The van der Waals surface area contributed by atoms with E-state index in [1.165, 1.54) is 11.3 Å². The lowest BCUT2D eigenvalue weighted by Gasteiger charge is -2.01. The monoisotopic (exact) mass is 177 g/mol. The van der Waals surface area contributed by atoms with Crippen LogP contribution in [0.3, 0.4) is 0 Å². The van der Waals surface area contributed by atoms with E-state index in [4.69, 9.17) is 22.4 Å². The van der Waals surface area contributed by atoms with Crippen molar-refractivity contribution in [2.45, 2.75) is 6.10 Å². The number of halogens is 1. The molecule has 0 unspecified atom stereocenters. The summed E-state index contributed by atoms with van der Waals surface area (Å²) in [4.78, 5) is 0.826. The van der Waals surface area contributed by atoms with E-state index in [0.717, 1.165) is 4.88 Å². The highest BCUT2D eigenvalue weighted by Crippen LogP contribution is 2.24. The lowest BCUT2D eigenvalue weighted by atomic mass is 10.3. The fourth-order valence-electron chi connectivity index (χ4n) is 0.619. The van der Waals surface area contributed by atoms with Gasteiger partial charge in [-0.25, -0.2) is 0 Å². The van der Waals surface area contributed by atoms with Gasteiger partial charge in [0.25, 0.3) is 0 Å². The summed E-state index contributed by atoms with van der Waals surface area (Å²) in [5.74, 6) is 0. The molecular formula is C6H8ClNOS. The van der Waals surface area contributed by atoms with Crippen LogP contribution in [0.4, 0.5) is 0 Å². The van der Waals surface area contributed by atoms with Crippen LogP contribution in [0.1, 0.15) is 11.0 Å². The smallest absolute Gasteiger partial charge is 0.100 e. The lowest BCUT2D eigenvalue weighted by molar-refractivity contribution is 0.190. The van der Waals surface area contributed by atoms with Crippen molar-refractivity contribution < 1.29 is 5.11 Å². The topological polar surface area (TPSA) is 46.2 Å². The summed E-state index contributed by atoms with van der Waals surface area (Å²) in [5.41, 5.74) is 5.23. The van der Waals surface area contributed by atoms with Gasteiger partial charge in [-0.15, -0.1) is 11.3 Å². The second-order valence-corrected chi connectivity index (χ2v) is 3.30. The molecule has 1 heterocycles. The van der Waals surface area contributed by atoms with Crippen molar-refractivity contribution in [3.8, 4) is 0 Å². The summed E-state index contributed by atoms with van der Waals surface area (Å²) in [6.45, 7) is 0.247. The summed E-state index contributed by atoms with van der Waals surface area (Å²) in [6.07, 6.45) is -0.558. The molecule has 1 atom stereocenters. The molecule has 3 N–H and O–H groups in total. The van der Waals surface area contributed by atoms with Gasteiger partial charge in [0.05, 0.1) is 5.02 Å². The van der Waals surface area contributed by atoms with E-state index in [-0.39, 0.29) is 6.54 Å². The van der Waals surface area contributed by atoms with Crippen molar-refractivity contribution in [2.24, 2.45) is 5.73 Å². The van der Waals surface area contributed by atoms with Crippen molar-refractivity contribution in [2.75, 3.05) is 6.54 Å². The van der Waals surface area contributed by atoms with Gasteiger partial charge in [0.2, 0.25) is 0 Å². The highest BCUT2D eigenvalue weighted by Gasteiger charge is 2.06. The van der Waals surface area contributed by atoms with E-state index < -0.39 is 6.10 Å². The maximum Gasteiger partial charge on any atom is 0.100 e. The van der Waals surface area contributed by atoms with Crippen molar-refractivity contribution >= 4 is 22.9 Å². The summed E-state index contributed by atoms with van der Waals surface area (Å²) in [7, 11) is 0. The number of thiophene rings is 1. The van der Waals surface area contributed by atoms with Crippen LogP contribution in [0.15, 0.2) is 11.4 Å². The minimum atomic E-state index is -0.558. The van der Waals surface area contributed by atoms with Crippen LogP contribution >= 0.6 is 22.9 Å². The Morgan fingerprint density at radius 2 is 2.50 bits per heavy atom. The van der Waals surface area contributed by atoms with Gasteiger partial charge in [-0.05, 0) is 6.07 Å². The Morgan fingerprint density at radius 1 is 1.80 bits per heavy atom. The van der Waals surface area contributed by atoms with Crippen LogP contribution in [0.25, 0.3) is 0 Å². The predicted molar refractivity (Wildman–Crippen MR) is 43.3 cm³/mol. The second kappa shape index (κ2) is 3.34. The Hall–Kier alpha value is -0.0900. The molecule has 0 aliphatic heterocycles. The Labute approximate surface area is 68.2 Å². The quantitative estimate of drug-likeness (QED) is 0.718. The summed E-state index contributed by atoms with van der Waals surface area (Å²) in [5, 5.41) is 11.6. The number of rotatable bonds is 2. The normalized spacial score (nSPS) is 13.5. The number of nitrogens with two attached hydrogens (primary N) is 1. The molecular weight excluding hydrogens is 170 g/mol. The molecule has 1 aromatic heterocycles. The number of aliphatic hydroxyl groups is 1. The molecule has 0 fully saturated rings. The van der Waals surface area contributed by atoms with Crippen molar-refractivity contribution in [1.82, 2.24) is 0 Å². The third-order valence-corrected chi connectivity index (χ3v) is 2.52. The first-order chi connectivity index (χ1) is 4.74. The molecule has 0 radical (unpaired) electrons. The first-order valence-corrected chi connectivity index (χ1v) is 4.12. The Balaban J connectivity index is 2.74. The standard InChI is InChI=1S/C6H8ClNOS/c7-4-1-6(10-3-4)5(9)2-8/h1,3,5,9H,2,8H2/t5-/m0/s1. The fraction of sp³-hybridized carbons (Fsp3) is 0.333. The van der Waals surface area contributed by atoms with E-state index >= 15 is 0 Å². The zero-order chi connectivity index (χ0) is 7.56. The van der Waals surface area contributed by atoms with E-state index in [9.17, 15) is 0 Å². The molecule has 0 aromatic carbocycles. The molecule has 0 saturated carbocycles. The van der Waals surface area contributed by atoms with Gasteiger partial charge in [-0.3, -0.25) is 0 Å². The highest BCUT2D eigenvalue weighted by atomic mass is 35.5. The van der Waals surface area contributed by atoms with E-state index in [0.29, 0.717) is 5.02 Å². The zero-order valence-electron chi connectivity index (χ0n) is 5.25. The van der Waals surface area contributed by atoms with Crippen LogP contribution in [-0.2, 0) is 0 Å². The van der Waals surface area contributed by atoms with E-state index in [1.54, 1.807) is 11.4 Å². The molecule has 0 aliphatic rings. The lowest BCUT2D eigenvalue weighted by Crippen LogP contribution is -2.09. The third kappa shape index (κ3) is 1.70. The van der Waals surface area contributed by atoms with Gasteiger partial charge >= 0.3 is 0 Å². The summed E-state index contributed by atoms with van der Waals surface area (Å²) < 4.78 is 0. The van der Waals surface area contributed by atoms with Crippen molar-refractivity contribution in [3.05, 3.63) is 21.3 Å². The summed E-state index contributed by atoms with van der Waals surface area (Å²) >= 11 is 7.04. The molecule has 1 rings (SSSR count). The highest BCUT2D eigenvalue weighted by molar-refractivity contribution is 7.10. The fourth-order valence-corrected chi connectivity index (χ4v) is 1.70. The third-order valence-electron chi connectivity index (χ3n) is 1.14. The van der Waals surface area contributed by atoms with Gasteiger partial charge in [0.1, 0.15) is 6.10 Å². The van der Waals surface area contributed by atoms with E-state index in [1.807, 2.05) is 0 Å². The number of hydrogen-bond acceptors (Lipinski definition) is 3. The molecule has 0 spiro atoms. The minimum absolute atomic E-state index is 0.247. The second-order valence-electron chi connectivity index (χ2n) is 1.92. The van der Waals surface area contributed by atoms with Gasteiger partial charge in [-0.1, -0.05) is 11.6 Å². The molecule has 56 valence electrons. The van der Waals surface area contributed by atoms with Crippen LogP contribution in [-0.4, -0.2) is 11.7 Å². The SMILES string of the molecule is NC[C@H](O)c1cc(Cl)cs1. The van der Waals surface area contributed by atoms with Gasteiger partial charge in [0, 0.05) is 16.8 Å². The summed E-state index contributed by atoms with van der Waals surface area (Å²) in [6, 6.07) is 1.73. The Kier molecular flexibility index (Phi) is 2.68. The largest absolute Gasteiger partial charge is 0.386 e. The van der Waals surface area contributed by atoms with Gasteiger partial charge in [0.15, 0.2) is 0 Å². The first-order valence-electron chi connectivity index (χ1n) is 2.86. The maximum atomic E-state index is 9.17. The van der Waals surface area contributed by atoms with Gasteiger partial charge in [-0.2, -0.15) is 0 Å². The average molecular weight is 178 g/mol. The minimum Gasteiger partial charge on any atom is -0.386 e. The zero-order valence-corrected chi connectivity index (χ0v) is 6.82. The van der Waals surface area contributed by atoms with Crippen molar-refractivity contribution in [1.29, 1.82) is 0 Å². The molecule has 0 amide bonds. The Morgan fingerprint density at radius 3 is 2.90 bits per heavy atom. The van der Waals surface area contributed by atoms with Crippen molar-refractivity contribution in [3.63, 3.8) is 0 Å². The van der Waals surface area contributed by atoms with Gasteiger partial charge < -0.3 is 10.8 Å². The van der Waals surface area contributed by atoms with E-state index in [2.05, 4.69) is 0 Å². The molecule has 0 bridgehead atoms. The first kappa shape index (κ1) is 8.01. The van der Waals surface area contributed by atoms with Crippen LogP contribution in [0.2, 0.25) is 5.02 Å². The average Bonchev–Trinajstić information content (AvgIpc) is 2.34. The predicted octanol–water partition coefficient (Wildman–Crippen LogP) is 1.39. The molecule has 0 saturated heterocycles. The number of hydrogen-bond donors (Lipinski definition) is 2. The Bertz CT molecular complexity index is 213. The maximum absolute atomic E-state index is 9.17. The van der Waals surface area contributed by atoms with Crippen LogP contribution < -0.4 is 5.73 Å². The molecule has 4 heteroatoms. The molecule has 2 nitrogen and oxygen atoms in total.